The molecule has 0 amide bonds. The van der Waals surface area contributed by atoms with Crippen molar-refractivity contribution in [3.05, 3.63) is 19.2 Å². The van der Waals surface area contributed by atoms with Gasteiger partial charge in [0, 0.05) is 0 Å². The molecule has 0 unspecified atom stereocenters. The van der Waals surface area contributed by atoms with E-state index in [4.69, 9.17) is 0 Å². The summed E-state index contributed by atoms with van der Waals surface area (Å²) in [5.74, 6) is 0.752. The Balaban J connectivity index is 2.09. The molecule has 0 saturated carbocycles. The first-order valence-corrected chi connectivity index (χ1v) is 8.14. The van der Waals surface area contributed by atoms with Gasteiger partial charge in [0.1, 0.15) is 0 Å². The summed E-state index contributed by atoms with van der Waals surface area (Å²) in [4.78, 5) is 0. The quantitative estimate of drug-likeness (QED) is 0.679. The minimum absolute atomic E-state index is 0.752. The second-order valence-corrected chi connectivity index (χ2v) is 8.15. The standard InChI is InChI=1S/C12H19Br2NS/c1-9(2)8-15-6-4-3-5-10-7-11(13)16-12(10)14/h7,9,15H,3-6,8H2,1-2H3. The second-order valence-electron chi connectivity index (χ2n) is 4.40. The van der Waals surface area contributed by atoms with Crippen LogP contribution in [-0.4, -0.2) is 13.1 Å². The lowest BCUT2D eigenvalue weighted by Gasteiger charge is -2.06. The molecular formula is C12H19Br2NS. The average molecular weight is 369 g/mol. The highest BCUT2D eigenvalue weighted by Gasteiger charge is 2.04. The third-order valence-corrected chi connectivity index (χ3v) is 4.79. The van der Waals surface area contributed by atoms with Crippen LogP contribution in [0.2, 0.25) is 0 Å². The van der Waals surface area contributed by atoms with Crippen LogP contribution in [0.1, 0.15) is 32.3 Å². The van der Waals surface area contributed by atoms with Crippen molar-refractivity contribution in [1.29, 1.82) is 0 Å². The summed E-state index contributed by atoms with van der Waals surface area (Å²) in [5, 5.41) is 3.47. The van der Waals surface area contributed by atoms with Crippen molar-refractivity contribution < 1.29 is 0 Å². The van der Waals surface area contributed by atoms with Gasteiger partial charge in [0.05, 0.1) is 7.57 Å². The molecule has 1 rings (SSSR count). The highest BCUT2D eigenvalue weighted by molar-refractivity contribution is 9.12. The van der Waals surface area contributed by atoms with Crippen molar-refractivity contribution in [3.8, 4) is 0 Å². The third-order valence-electron chi connectivity index (χ3n) is 2.33. The maximum Gasteiger partial charge on any atom is 0.0742 e. The Morgan fingerprint density at radius 1 is 1.31 bits per heavy atom. The number of nitrogens with one attached hydrogen (secondary N) is 1. The predicted octanol–water partition coefficient (Wildman–Crippen LogP) is 4.84. The average Bonchev–Trinajstić information content (AvgIpc) is 2.50. The van der Waals surface area contributed by atoms with Crippen LogP contribution in [0.4, 0.5) is 0 Å². The molecular weight excluding hydrogens is 350 g/mol. The van der Waals surface area contributed by atoms with Gasteiger partial charge in [0.25, 0.3) is 0 Å². The Bertz CT molecular complexity index is 310. The highest BCUT2D eigenvalue weighted by Crippen LogP contribution is 2.32. The van der Waals surface area contributed by atoms with E-state index in [-0.39, 0.29) is 0 Å². The van der Waals surface area contributed by atoms with Gasteiger partial charge in [-0.15, -0.1) is 11.3 Å². The first-order chi connectivity index (χ1) is 7.59. The Hall–Kier alpha value is 0.620. The van der Waals surface area contributed by atoms with E-state index in [1.54, 1.807) is 11.3 Å². The van der Waals surface area contributed by atoms with Crippen LogP contribution in [0.3, 0.4) is 0 Å². The largest absolute Gasteiger partial charge is 0.316 e. The monoisotopic (exact) mass is 367 g/mol. The number of hydrogen-bond donors (Lipinski definition) is 1. The molecule has 1 heterocycles. The molecule has 16 heavy (non-hydrogen) atoms. The Morgan fingerprint density at radius 3 is 2.62 bits per heavy atom. The van der Waals surface area contributed by atoms with Gasteiger partial charge in [0.2, 0.25) is 0 Å². The molecule has 0 aliphatic heterocycles. The fourth-order valence-corrected chi connectivity index (χ4v) is 4.41. The molecule has 1 aromatic heterocycles. The normalized spacial score (nSPS) is 11.3. The molecule has 0 spiro atoms. The van der Waals surface area contributed by atoms with Gasteiger partial charge in [-0.2, -0.15) is 0 Å². The minimum atomic E-state index is 0.752. The molecule has 4 heteroatoms. The number of rotatable bonds is 7. The Labute approximate surface area is 119 Å². The van der Waals surface area contributed by atoms with Crippen molar-refractivity contribution in [3.63, 3.8) is 0 Å². The van der Waals surface area contributed by atoms with E-state index in [2.05, 4.69) is 57.1 Å². The van der Waals surface area contributed by atoms with Gasteiger partial charge in [-0.05, 0) is 81.8 Å². The molecule has 1 nitrogen and oxygen atoms in total. The zero-order chi connectivity index (χ0) is 12.0. The van der Waals surface area contributed by atoms with Crippen LogP contribution in [0.15, 0.2) is 13.6 Å². The predicted molar refractivity (Wildman–Crippen MR) is 80.4 cm³/mol. The molecule has 0 saturated heterocycles. The summed E-state index contributed by atoms with van der Waals surface area (Å²) in [6.45, 7) is 6.76. The smallest absolute Gasteiger partial charge is 0.0742 e. The van der Waals surface area contributed by atoms with Crippen molar-refractivity contribution in [2.45, 2.75) is 33.1 Å². The van der Waals surface area contributed by atoms with Gasteiger partial charge >= 0.3 is 0 Å². The number of thiophene rings is 1. The molecule has 1 aromatic rings. The molecule has 0 aliphatic carbocycles. The van der Waals surface area contributed by atoms with Gasteiger partial charge < -0.3 is 5.32 Å². The summed E-state index contributed by atoms with van der Waals surface area (Å²) in [5.41, 5.74) is 1.43. The first kappa shape index (κ1) is 14.7. The lowest BCUT2D eigenvalue weighted by atomic mass is 10.1. The van der Waals surface area contributed by atoms with Crippen LogP contribution in [0.5, 0.6) is 0 Å². The molecule has 0 aliphatic rings. The Kier molecular flexibility index (Phi) is 7.20. The molecule has 92 valence electrons. The molecule has 0 aromatic carbocycles. The number of hydrogen-bond acceptors (Lipinski definition) is 2. The zero-order valence-corrected chi connectivity index (χ0v) is 13.8. The molecule has 1 N–H and O–H groups in total. The van der Waals surface area contributed by atoms with Crippen molar-refractivity contribution in [2.75, 3.05) is 13.1 Å². The summed E-state index contributed by atoms with van der Waals surface area (Å²) in [6, 6.07) is 2.22. The number of unbranched alkanes of at least 4 members (excludes halogenated alkanes) is 1. The third kappa shape index (κ3) is 5.80. The van der Waals surface area contributed by atoms with Crippen molar-refractivity contribution in [1.82, 2.24) is 5.32 Å². The zero-order valence-electron chi connectivity index (χ0n) is 9.85. The van der Waals surface area contributed by atoms with E-state index in [0.717, 1.165) is 19.0 Å². The molecule has 0 bridgehead atoms. The van der Waals surface area contributed by atoms with Gasteiger partial charge in [-0.1, -0.05) is 13.8 Å². The topological polar surface area (TPSA) is 12.0 Å². The molecule has 0 fully saturated rings. The van der Waals surface area contributed by atoms with E-state index in [1.165, 1.54) is 32.4 Å². The van der Waals surface area contributed by atoms with Crippen molar-refractivity contribution >= 4 is 43.2 Å². The maximum absolute atomic E-state index is 3.59. The molecule has 0 atom stereocenters. The van der Waals surface area contributed by atoms with Crippen molar-refractivity contribution in [2.24, 2.45) is 5.92 Å². The van der Waals surface area contributed by atoms with E-state index in [1.807, 2.05) is 0 Å². The fraction of sp³-hybridized carbons (Fsp3) is 0.667. The van der Waals surface area contributed by atoms with E-state index < -0.39 is 0 Å². The maximum atomic E-state index is 3.59. The van der Waals surface area contributed by atoms with Crippen LogP contribution in [0, 0.1) is 5.92 Å². The highest BCUT2D eigenvalue weighted by atomic mass is 79.9. The van der Waals surface area contributed by atoms with E-state index >= 15 is 0 Å². The lowest BCUT2D eigenvalue weighted by molar-refractivity contribution is 0.535. The summed E-state index contributed by atoms with van der Waals surface area (Å²) < 4.78 is 2.49. The molecule has 0 radical (unpaired) electrons. The van der Waals surface area contributed by atoms with Crippen LogP contribution >= 0.6 is 43.2 Å². The SMILES string of the molecule is CC(C)CNCCCCc1cc(Br)sc1Br. The number of halogens is 2. The summed E-state index contributed by atoms with van der Waals surface area (Å²) in [6.07, 6.45) is 3.69. The second kappa shape index (κ2) is 7.85. The fourth-order valence-electron chi connectivity index (χ4n) is 1.50. The van der Waals surface area contributed by atoms with Crippen LogP contribution < -0.4 is 5.32 Å². The van der Waals surface area contributed by atoms with Gasteiger partial charge in [0.15, 0.2) is 0 Å². The lowest BCUT2D eigenvalue weighted by Crippen LogP contribution is -2.20. The van der Waals surface area contributed by atoms with E-state index in [0.29, 0.717) is 0 Å². The van der Waals surface area contributed by atoms with Crippen LogP contribution in [-0.2, 0) is 6.42 Å². The summed E-state index contributed by atoms with van der Waals surface area (Å²) in [7, 11) is 0. The Morgan fingerprint density at radius 2 is 2.06 bits per heavy atom. The number of aryl methyl sites for hydroxylation is 1. The van der Waals surface area contributed by atoms with E-state index in [9.17, 15) is 0 Å². The van der Waals surface area contributed by atoms with Crippen LogP contribution in [0.25, 0.3) is 0 Å². The van der Waals surface area contributed by atoms with Gasteiger partial charge in [-0.3, -0.25) is 0 Å². The summed E-state index contributed by atoms with van der Waals surface area (Å²) >= 11 is 8.86. The minimum Gasteiger partial charge on any atom is -0.316 e. The first-order valence-electron chi connectivity index (χ1n) is 5.74. The van der Waals surface area contributed by atoms with Gasteiger partial charge in [-0.25, -0.2) is 0 Å².